The van der Waals surface area contributed by atoms with E-state index < -0.39 is 0 Å². The number of nitrogens with one attached hydrogen (secondary N) is 1. The lowest BCUT2D eigenvalue weighted by Crippen LogP contribution is -2.28. The topological polar surface area (TPSA) is 56.9 Å². The van der Waals surface area contributed by atoms with Crippen molar-refractivity contribution in [2.24, 2.45) is 20.0 Å². The Labute approximate surface area is 155 Å². The number of ether oxygens (including phenoxy) is 1. The Bertz CT molecular complexity index is 716. The second kappa shape index (κ2) is 7.82. The van der Waals surface area contributed by atoms with Crippen molar-refractivity contribution in [1.29, 1.82) is 0 Å². The molecule has 2 aliphatic rings. The smallest absolute Gasteiger partial charge is 0.124 e. The van der Waals surface area contributed by atoms with Crippen molar-refractivity contribution in [3.05, 3.63) is 29.7 Å². The summed E-state index contributed by atoms with van der Waals surface area (Å²) < 4.78 is 9.96. The van der Waals surface area contributed by atoms with Crippen molar-refractivity contribution in [2.75, 3.05) is 18.5 Å². The van der Waals surface area contributed by atoms with Crippen LogP contribution in [-0.2, 0) is 18.8 Å². The summed E-state index contributed by atoms with van der Waals surface area (Å²) in [7, 11) is 4.01. The van der Waals surface area contributed by atoms with Crippen LogP contribution in [0.3, 0.4) is 0 Å². The van der Waals surface area contributed by atoms with Crippen molar-refractivity contribution in [1.82, 2.24) is 19.6 Å². The quantitative estimate of drug-likeness (QED) is 0.885. The first-order valence-electron chi connectivity index (χ1n) is 10.1. The molecule has 1 saturated carbocycles. The van der Waals surface area contributed by atoms with E-state index in [-0.39, 0.29) is 6.10 Å². The maximum Gasteiger partial charge on any atom is 0.124 e. The molecule has 0 bridgehead atoms. The van der Waals surface area contributed by atoms with Gasteiger partial charge in [-0.3, -0.25) is 9.36 Å². The number of rotatable bonds is 5. The molecule has 0 amide bonds. The Balaban J connectivity index is 1.41. The van der Waals surface area contributed by atoms with Gasteiger partial charge < -0.3 is 10.1 Å². The van der Waals surface area contributed by atoms with Crippen molar-refractivity contribution < 1.29 is 4.74 Å². The van der Waals surface area contributed by atoms with Gasteiger partial charge in [0.15, 0.2) is 0 Å². The number of aryl methyl sites for hydroxylation is 2. The SMILES string of the molecule is Cn1cc([C@@H]2OCCC[C@H]2CNc2cc(C3CCCCC3)nn2C)cn1. The monoisotopic (exact) mass is 357 g/mol. The highest BCUT2D eigenvalue weighted by Crippen LogP contribution is 2.35. The molecule has 2 atom stereocenters. The lowest BCUT2D eigenvalue weighted by atomic mass is 9.87. The molecule has 1 aliphatic heterocycles. The molecule has 1 aliphatic carbocycles. The highest BCUT2D eigenvalue weighted by Gasteiger charge is 2.28. The van der Waals surface area contributed by atoms with Crippen molar-refractivity contribution >= 4 is 5.82 Å². The van der Waals surface area contributed by atoms with Crippen LogP contribution < -0.4 is 5.32 Å². The predicted molar refractivity (Wildman–Crippen MR) is 102 cm³/mol. The predicted octanol–water partition coefficient (Wildman–Crippen LogP) is 3.78. The molecule has 6 heteroatoms. The van der Waals surface area contributed by atoms with Crippen molar-refractivity contribution in [2.45, 2.75) is 57.0 Å². The first-order valence-corrected chi connectivity index (χ1v) is 10.1. The van der Waals surface area contributed by atoms with Crippen LogP contribution in [-0.4, -0.2) is 32.7 Å². The van der Waals surface area contributed by atoms with Gasteiger partial charge in [0.05, 0.1) is 18.0 Å². The average molecular weight is 358 g/mol. The fourth-order valence-electron chi connectivity index (χ4n) is 4.50. The van der Waals surface area contributed by atoms with E-state index in [2.05, 4.69) is 22.7 Å². The van der Waals surface area contributed by atoms with E-state index in [1.165, 1.54) is 49.8 Å². The number of hydrogen-bond donors (Lipinski definition) is 1. The van der Waals surface area contributed by atoms with E-state index in [4.69, 9.17) is 9.84 Å². The largest absolute Gasteiger partial charge is 0.373 e. The Morgan fingerprint density at radius 2 is 2.00 bits per heavy atom. The molecule has 4 rings (SSSR count). The highest BCUT2D eigenvalue weighted by molar-refractivity contribution is 5.38. The average Bonchev–Trinajstić information content (AvgIpc) is 3.27. The van der Waals surface area contributed by atoms with Crippen LogP contribution in [0.1, 0.15) is 68.2 Å². The second-order valence-electron chi connectivity index (χ2n) is 7.93. The summed E-state index contributed by atoms with van der Waals surface area (Å²) in [5.41, 5.74) is 2.45. The van der Waals surface area contributed by atoms with E-state index in [1.807, 2.05) is 29.7 Å². The molecule has 0 aromatic carbocycles. The molecule has 1 N–H and O–H groups in total. The maximum absolute atomic E-state index is 6.09. The summed E-state index contributed by atoms with van der Waals surface area (Å²) in [6, 6.07) is 2.26. The molecule has 26 heavy (non-hydrogen) atoms. The zero-order valence-electron chi connectivity index (χ0n) is 16.0. The third-order valence-electron chi connectivity index (χ3n) is 5.97. The van der Waals surface area contributed by atoms with Crippen molar-refractivity contribution in [3.63, 3.8) is 0 Å². The lowest BCUT2D eigenvalue weighted by Gasteiger charge is -2.31. The highest BCUT2D eigenvalue weighted by atomic mass is 16.5. The van der Waals surface area contributed by atoms with Crippen LogP contribution in [0.4, 0.5) is 5.82 Å². The van der Waals surface area contributed by atoms with Gasteiger partial charge in [-0.25, -0.2) is 0 Å². The van der Waals surface area contributed by atoms with E-state index in [0.29, 0.717) is 11.8 Å². The molecule has 0 radical (unpaired) electrons. The van der Waals surface area contributed by atoms with E-state index in [0.717, 1.165) is 25.4 Å². The van der Waals surface area contributed by atoms with E-state index in [9.17, 15) is 0 Å². The standard InChI is InChI=1S/C20H31N5O/c1-24-14-17(13-22-24)20-16(9-6-10-26-20)12-21-19-11-18(23-25(19)2)15-7-4-3-5-8-15/h11,13-16,20-21H,3-10,12H2,1-2H3/t16-,20+/m0/s1. The first-order chi connectivity index (χ1) is 12.7. The van der Waals surface area contributed by atoms with Gasteiger partial charge in [-0.1, -0.05) is 19.3 Å². The molecule has 6 nitrogen and oxygen atoms in total. The van der Waals surface area contributed by atoms with Gasteiger partial charge in [-0.05, 0) is 25.7 Å². The zero-order valence-corrected chi connectivity index (χ0v) is 16.0. The minimum atomic E-state index is 0.135. The number of anilines is 1. The van der Waals surface area contributed by atoms with Gasteiger partial charge in [-0.2, -0.15) is 10.2 Å². The summed E-state index contributed by atoms with van der Waals surface area (Å²) in [6.07, 6.45) is 13.1. The van der Waals surface area contributed by atoms with Crippen LogP contribution in [0.2, 0.25) is 0 Å². The number of hydrogen-bond acceptors (Lipinski definition) is 4. The molecular weight excluding hydrogens is 326 g/mol. The molecule has 2 aromatic rings. The summed E-state index contributed by atoms with van der Waals surface area (Å²) in [4.78, 5) is 0. The number of aromatic nitrogens is 4. The zero-order chi connectivity index (χ0) is 17.9. The summed E-state index contributed by atoms with van der Waals surface area (Å²) >= 11 is 0. The van der Waals surface area contributed by atoms with Gasteiger partial charge in [0.1, 0.15) is 5.82 Å². The van der Waals surface area contributed by atoms with Crippen LogP contribution in [0.25, 0.3) is 0 Å². The molecule has 142 valence electrons. The molecule has 0 unspecified atom stereocenters. The van der Waals surface area contributed by atoms with E-state index in [1.54, 1.807) is 0 Å². The molecule has 0 spiro atoms. The third kappa shape index (κ3) is 3.80. The summed E-state index contributed by atoms with van der Waals surface area (Å²) in [6.45, 7) is 1.75. The van der Waals surface area contributed by atoms with Crippen LogP contribution in [0.15, 0.2) is 18.5 Å². The minimum absolute atomic E-state index is 0.135. The second-order valence-corrected chi connectivity index (χ2v) is 7.93. The maximum atomic E-state index is 6.09. The van der Waals surface area contributed by atoms with Crippen molar-refractivity contribution in [3.8, 4) is 0 Å². The fraction of sp³-hybridized carbons (Fsp3) is 0.700. The van der Waals surface area contributed by atoms with Crippen LogP contribution in [0, 0.1) is 5.92 Å². The Morgan fingerprint density at radius 3 is 2.77 bits per heavy atom. The van der Waals surface area contributed by atoms with Crippen LogP contribution in [0.5, 0.6) is 0 Å². The van der Waals surface area contributed by atoms with Gasteiger partial charge in [0.2, 0.25) is 0 Å². The molecule has 2 fully saturated rings. The summed E-state index contributed by atoms with van der Waals surface area (Å²) in [5.74, 6) is 2.23. The van der Waals surface area contributed by atoms with Gasteiger partial charge in [0.25, 0.3) is 0 Å². The van der Waals surface area contributed by atoms with Gasteiger partial charge in [-0.15, -0.1) is 0 Å². The molecular formula is C20H31N5O. The van der Waals surface area contributed by atoms with Gasteiger partial charge in [0, 0.05) is 56.9 Å². The summed E-state index contributed by atoms with van der Waals surface area (Å²) in [5, 5.41) is 12.7. The Morgan fingerprint density at radius 1 is 1.15 bits per heavy atom. The Kier molecular flexibility index (Phi) is 5.29. The first kappa shape index (κ1) is 17.6. The normalized spacial score (nSPS) is 24.7. The Hall–Kier alpha value is -1.82. The van der Waals surface area contributed by atoms with E-state index >= 15 is 0 Å². The molecule has 3 heterocycles. The fourth-order valence-corrected chi connectivity index (χ4v) is 4.50. The molecule has 2 aromatic heterocycles. The number of nitrogens with zero attached hydrogens (tertiary/aromatic N) is 4. The molecule has 1 saturated heterocycles. The van der Waals surface area contributed by atoms with Gasteiger partial charge >= 0.3 is 0 Å². The third-order valence-corrected chi connectivity index (χ3v) is 5.97. The lowest BCUT2D eigenvalue weighted by molar-refractivity contribution is -0.0239. The minimum Gasteiger partial charge on any atom is -0.373 e. The van der Waals surface area contributed by atoms with Crippen LogP contribution >= 0.6 is 0 Å².